The van der Waals surface area contributed by atoms with E-state index in [2.05, 4.69) is 95.6 Å². The zero-order valence-electron chi connectivity index (χ0n) is 29.3. The summed E-state index contributed by atoms with van der Waals surface area (Å²) in [5, 5.41) is 8.79. The minimum Gasteiger partial charge on any atom is -0.456 e. The van der Waals surface area contributed by atoms with Gasteiger partial charge in [0.15, 0.2) is 17.5 Å². The third kappa shape index (κ3) is 4.52. The summed E-state index contributed by atoms with van der Waals surface area (Å²) in [5.74, 6) is 1.65. The largest absolute Gasteiger partial charge is 0.456 e. The number of benzene rings is 8. The molecule has 8 aromatic carbocycles. The lowest BCUT2D eigenvalue weighted by Crippen LogP contribution is -2.04. The Labute approximate surface area is 313 Å². The summed E-state index contributed by atoms with van der Waals surface area (Å²) in [5.41, 5.74) is 8.82. The van der Waals surface area contributed by atoms with Gasteiger partial charge in [0.2, 0.25) is 0 Å². The lowest BCUT2D eigenvalue weighted by atomic mass is 10.0. The van der Waals surface area contributed by atoms with Gasteiger partial charge in [0.05, 0.1) is 22.3 Å². The molecule has 0 spiro atoms. The first kappa shape index (κ1) is 29.9. The third-order valence-electron chi connectivity index (χ3n) is 10.8. The van der Waals surface area contributed by atoms with Crippen LogP contribution in [0.5, 0.6) is 0 Å². The molecule has 0 aliphatic carbocycles. The Kier molecular flexibility index (Phi) is 6.24. The van der Waals surface area contributed by atoms with Crippen molar-refractivity contribution in [3.05, 3.63) is 170 Å². The van der Waals surface area contributed by atoms with Crippen LogP contribution in [0.25, 0.3) is 116 Å². The molecule has 12 aromatic rings. The highest BCUT2D eigenvalue weighted by molar-refractivity contribution is 6.16. The van der Waals surface area contributed by atoms with Crippen molar-refractivity contribution >= 4 is 76.5 Å². The average Bonchev–Trinajstić information content (AvgIpc) is 3.91. The standard InChI is InChI=1S/C49H28N4O2/c1-2-12-29(13-3-1)47-50-48(32-22-25-44-38(27-32)35-18-8-10-20-42(35)54-44)52-49(51-47)45-40(24-23-36-34-17-7-11-21-43(34)55-46(36)45)53-39-19-9-6-16-33(39)37-26-30-14-4-5-15-31(30)28-41(37)53/h1-28H. The predicted octanol–water partition coefficient (Wildman–Crippen LogP) is 12.9. The van der Waals surface area contributed by atoms with E-state index in [1.165, 1.54) is 21.5 Å². The molecule has 0 saturated heterocycles. The lowest BCUT2D eigenvalue weighted by Gasteiger charge is -2.15. The Morgan fingerprint density at radius 3 is 1.80 bits per heavy atom. The number of fused-ring (bicyclic) bond motifs is 10. The van der Waals surface area contributed by atoms with Crippen molar-refractivity contribution in [2.75, 3.05) is 0 Å². The molecule has 0 aliphatic rings. The van der Waals surface area contributed by atoms with Crippen LogP contribution in [0, 0.1) is 0 Å². The molecule has 0 amide bonds. The SMILES string of the molecule is c1ccc(-c2nc(-c3ccc4oc5ccccc5c4c3)nc(-c3c(-n4c5ccccc5c5cc6ccccc6cc54)ccc4c3oc3ccccc34)n2)cc1. The molecule has 0 atom stereocenters. The maximum Gasteiger partial charge on any atom is 0.170 e. The Balaban J connectivity index is 1.21. The Morgan fingerprint density at radius 2 is 0.982 bits per heavy atom. The number of rotatable bonds is 4. The van der Waals surface area contributed by atoms with Gasteiger partial charge in [-0.05, 0) is 71.4 Å². The van der Waals surface area contributed by atoms with Crippen LogP contribution in [0.3, 0.4) is 0 Å². The highest BCUT2D eigenvalue weighted by Crippen LogP contribution is 2.43. The van der Waals surface area contributed by atoms with Crippen LogP contribution in [0.4, 0.5) is 0 Å². The van der Waals surface area contributed by atoms with Crippen LogP contribution in [0.1, 0.15) is 0 Å². The van der Waals surface area contributed by atoms with Gasteiger partial charge in [0.25, 0.3) is 0 Å². The second-order valence-electron chi connectivity index (χ2n) is 14.0. The molecule has 0 saturated carbocycles. The topological polar surface area (TPSA) is 69.9 Å². The van der Waals surface area contributed by atoms with E-state index in [1.54, 1.807) is 0 Å². The van der Waals surface area contributed by atoms with Crippen LogP contribution in [-0.4, -0.2) is 19.5 Å². The monoisotopic (exact) mass is 704 g/mol. The average molecular weight is 705 g/mol. The van der Waals surface area contributed by atoms with E-state index in [-0.39, 0.29) is 0 Å². The Hall–Kier alpha value is -7.57. The van der Waals surface area contributed by atoms with E-state index >= 15 is 0 Å². The number of hydrogen-bond acceptors (Lipinski definition) is 5. The van der Waals surface area contributed by atoms with Crippen LogP contribution in [-0.2, 0) is 0 Å². The van der Waals surface area contributed by atoms with E-state index in [0.717, 1.165) is 77.3 Å². The van der Waals surface area contributed by atoms with Gasteiger partial charge >= 0.3 is 0 Å². The van der Waals surface area contributed by atoms with Crippen molar-refractivity contribution in [2.24, 2.45) is 0 Å². The zero-order valence-corrected chi connectivity index (χ0v) is 29.3. The zero-order chi connectivity index (χ0) is 36.0. The molecule has 256 valence electrons. The molecule has 0 aliphatic heterocycles. The molecule has 4 heterocycles. The van der Waals surface area contributed by atoms with Crippen molar-refractivity contribution in [1.82, 2.24) is 19.5 Å². The normalized spacial score (nSPS) is 12.0. The molecule has 0 fully saturated rings. The van der Waals surface area contributed by atoms with Gasteiger partial charge in [-0.2, -0.15) is 0 Å². The van der Waals surface area contributed by atoms with E-state index in [1.807, 2.05) is 78.9 Å². The van der Waals surface area contributed by atoms with E-state index < -0.39 is 0 Å². The van der Waals surface area contributed by atoms with Crippen LogP contribution in [0.15, 0.2) is 179 Å². The molecule has 0 unspecified atom stereocenters. The first-order chi connectivity index (χ1) is 27.2. The molecule has 6 nitrogen and oxygen atoms in total. The molecular weight excluding hydrogens is 677 g/mol. The molecular formula is C49H28N4O2. The summed E-state index contributed by atoms with van der Waals surface area (Å²) in [7, 11) is 0. The molecule has 4 aromatic heterocycles. The lowest BCUT2D eigenvalue weighted by molar-refractivity contribution is 0.669. The van der Waals surface area contributed by atoms with Crippen molar-refractivity contribution in [1.29, 1.82) is 0 Å². The van der Waals surface area contributed by atoms with Gasteiger partial charge in [-0.25, -0.2) is 15.0 Å². The number of aromatic nitrogens is 4. The van der Waals surface area contributed by atoms with Crippen molar-refractivity contribution in [3.63, 3.8) is 0 Å². The third-order valence-corrected chi connectivity index (χ3v) is 10.8. The van der Waals surface area contributed by atoms with Gasteiger partial charge < -0.3 is 13.4 Å². The van der Waals surface area contributed by atoms with Crippen LogP contribution >= 0.6 is 0 Å². The second-order valence-corrected chi connectivity index (χ2v) is 14.0. The summed E-state index contributed by atoms with van der Waals surface area (Å²) in [6.07, 6.45) is 0. The summed E-state index contributed by atoms with van der Waals surface area (Å²) in [4.78, 5) is 15.8. The van der Waals surface area contributed by atoms with E-state index in [9.17, 15) is 0 Å². The van der Waals surface area contributed by atoms with E-state index in [0.29, 0.717) is 17.5 Å². The maximum atomic E-state index is 6.83. The Bertz CT molecular complexity index is 3500. The fourth-order valence-electron chi connectivity index (χ4n) is 8.29. The van der Waals surface area contributed by atoms with Gasteiger partial charge in [0, 0.05) is 43.4 Å². The van der Waals surface area contributed by atoms with Crippen LogP contribution < -0.4 is 0 Å². The second kappa shape index (κ2) is 11.5. The number of nitrogens with zero attached hydrogens (tertiary/aromatic N) is 4. The number of hydrogen-bond donors (Lipinski definition) is 0. The van der Waals surface area contributed by atoms with Crippen molar-refractivity contribution in [3.8, 4) is 39.9 Å². The predicted molar refractivity (Wildman–Crippen MR) is 223 cm³/mol. The summed E-state index contributed by atoms with van der Waals surface area (Å²) < 4.78 is 15.4. The molecule has 55 heavy (non-hydrogen) atoms. The van der Waals surface area contributed by atoms with Gasteiger partial charge in [-0.3, -0.25) is 0 Å². The quantitative estimate of drug-likeness (QED) is 0.182. The first-order valence-electron chi connectivity index (χ1n) is 18.4. The highest BCUT2D eigenvalue weighted by atomic mass is 16.3. The molecule has 0 radical (unpaired) electrons. The van der Waals surface area contributed by atoms with Gasteiger partial charge in [0.1, 0.15) is 22.3 Å². The smallest absolute Gasteiger partial charge is 0.170 e. The summed E-state index contributed by atoms with van der Waals surface area (Å²) in [6.45, 7) is 0. The van der Waals surface area contributed by atoms with Crippen LogP contribution in [0.2, 0.25) is 0 Å². The summed E-state index contributed by atoms with van der Waals surface area (Å²) >= 11 is 0. The van der Waals surface area contributed by atoms with Gasteiger partial charge in [-0.15, -0.1) is 0 Å². The number of furan rings is 2. The minimum atomic E-state index is 0.521. The molecule has 0 N–H and O–H groups in total. The fraction of sp³-hybridized carbons (Fsp3) is 0. The molecule has 0 bridgehead atoms. The van der Waals surface area contributed by atoms with Crippen molar-refractivity contribution in [2.45, 2.75) is 0 Å². The minimum absolute atomic E-state index is 0.521. The summed E-state index contributed by atoms with van der Waals surface area (Å²) in [6, 6.07) is 58.6. The number of para-hydroxylation sites is 3. The fourth-order valence-corrected chi connectivity index (χ4v) is 8.29. The molecule has 12 rings (SSSR count). The van der Waals surface area contributed by atoms with E-state index in [4.69, 9.17) is 23.8 Å². The highest BCUT2D eigenvalue weighted by Gasteiger charge is 2.25. The molecule has 6 heteroatoms. The Morgan fingerprint density at radius 1 is 0.364 bits per heavy atom. The maximum absolute atomic E-state index is 6.83. The first-order valence-corrected chi connectivity index (χ1v) is 18.4. The van der Waals surface area contributed by atoms with Gasteiger partial charge in [-0.1, -0.05) is 109 Å². The van der Waals surface area contributed by atoms with Crippen molar-refractivity contribution < 1.29 is 8.83 Å².